The molecule has 0 aliphatic heterocycles. The minimum Gasteiger partial charge on any atom is -0.359 e. The standard InChI is InChI=1S/C24H23N5O3.C23H22N6O3.C23H23N5O2/c1-24(2,3)20-13-21(29-32-20)28-23(31)27-18-10-8-17(9-11-18)26-22(30)16-12-15-6-4-5-7-19(15)25-14-16;1-23(2,3)19-12-20(29-32-19)28-22(31)26-16-7-5-15(6-8-16)25-21(30)18-9-4-14-13-24-11-10-17(14)27-18;1-23(2,3)19-13-21(28-30-19)27-22(29)26-18-10-8-17(9-11-18)25-20-12-15-6-4-5-7-16(15)14-24-20/h4-14H,1-3H3,(H,26,30)(H2,27,28,29,31);4-13H,1-3H3,(H,25,30)(H2,26,28,29,31);4-14H,1-3H3,(H,24,25)(H2,26,27,28,29). The third-order valence-electron chi connectivity index (χ3n) is 13.9. The highest BCUT2D eigenvalue weighted by Gasteiger charge is 2.23. The molecule has 0 unspecified atom stereocenters. The molecule has 7 heterocycles. The fraction of sp³-hybridized carbons (Fsp3) is 0.171. The van der Waals surface area contributed by atoms with Crippen molar-refractivity contribution in [1.29, 1.82) is 0 Å². The van der Waals surface area contributed by atoms with Gasteiger partial charge in [0, 0.05) is 110 Å². The lowest BCUT2D eigenvalue weighted by Gasteiger charge is -2.12. The maximum Gasteiger partial charge on any atom is 0.324 e. The molecule has 7 aromatic heterocycles. The van der Waals surface area contributed by atoms with Crippen LogP contribution in [0.15, 0.2) is 208 Å². The van der Waals surface area contributed by atoms with E-state index in [-0.39, 0.29) is 34.1 Å². The van der Waals surface area contributed by atoms with E-state index in [4.69, 9.17) is 13.6 Å². The van der Waals surface area contributed by atoms with E-state index < -0.39 is 12.1 Å². The van der Waals surface area contributed by atoms with Crippen LogP contribution in [0.3, 0.4) is 0 Å². The van der Waals surface area contributed by atoms with Crippen LogP contribution in [0.1, 0.15) is 100 Å². The van der Waals surface area contributed by atoms with Crippen LogP contribution in [0, 0.1) is 0 Å². The van der Waals surface area contributed by atoms with Crippen LogP contribution in [0.2, 0.25) is 0 Å². The van der Waals surface area contributed by atoms with Gasteiger partial charge < -0.3 is 45.5 Å². The number of fused-ring (bicyclic) bond motifs is 3. The molecule has 0 radical (unpaired) electrons. The molecule has 9 N–H and O–H groups in total. The molecular formula is C70H68N16O8. The van der Waals surface area contributed by atoms with Crippen molar-refractivity contribution in [3.8, 4) is 0 Å². The lowest BCUT2D eigenvalue weighted by molar-refractivity contribution is 0.101. The molecule has 5 aromatic carbocycles. The fourth-order valence-electron chi connectivity index (χ4n) is 8.79. The largest absolute Gasteiger partial charge is 0.359 e. The van der Waals surface area contributed by atoms with E-state index in [0.717, 1.165) is 38.6 Å². The Labute approximate surface area is 540 Å². The Balaban J connectivity index is 0.000000154. The van der Waals surface area contributed by atoms with Gasteiger partial charge in [0.2, 0.25) is 0 Å². The van der Waals surface area contributed by atoms with Crippen molar-refractivity contribution in [2.45, 2.75) is 78.6 Å². The number of hydrogen-bond donors (Lipinski definition) is 9. The average Bonchev–Trinajstić information content (AvgIpc) is 2.08. The van der Waals surface area contributed by atoms with Crippen LogP contribution < -0.4 is 47.9 Å². The van der Waals surface area contributed by atoms with Crippen molar-refractivity contribution in [3.05, 3.63) is 223 Å². The predicted octanol–water partition coefficient (Wildman–Crippen LogP) is 16.1. The van der Waals surface area contributed by atoms with Crippen molar-refractivity contribution in [3.63, 3.8) is 0 Å². The number of pyridine rings is 4. The Kier molecular flexibility index (Phi) is 19.4. The van der Waals surface area contributed by atoms with Crippen LogP contribution in [0.25, 0.3) is 32.6 Å². The number of para-hydroxylation sites is 1. The Bertz CT molecular complexity index is 4460. The molecule has 0 aliphatic rings. The maximum atomic E-state index is 12.5. The lowest BCUT2D eigenvalue weighted by atomic mass is 9.93. The number of carbonyl (C=O) groups excluding carboxylic acids is 5. The van der Waals surface area contributed by atoms with Crippen molar-refractivity contribution in [2.24, 2.45) is 0 Å². The molecule has 12 rings (SSSR count). The molecule has 0 spiro atoms. The van der Waals surface area contributed by atoms with Gasteiger partial charge in [0.1, 0.15) is 28.8 Å². The van der Waals surface area contributed by atoms with Gasteiger partial charge in [-0.25, -0.2) is 24.4 Å². The number of urea groups is 3. The Morgan fingerprint density at radius 1 is 0.351 bits per heavy atom. The Morgan fingerprint density at radius 2 is 0.787 bits per heavy atom. The third kappa shape index (κ3) is 17.7. The molecule has 12 aromatic rings. The van der Waals surface area contributed by atoms with Crippen LogP contribution in [-0.4, -0.2) is 65.3 Å². The molecule has 0 aliphatic carbocycles. The number of carbonyl (C=O) groups is 5. The fourth-order valence-corrected chi connectivity index (χ4v) is 8.79. The number of aromatic nitrogens is 7. The molecule has 0 atom stereocenters. The normalized spacial score (nSPS) is 11.2. The summed E-state index contributed by atoms with van der Waals surface area (Å²) in [5.41, 5.74) is 5.52. The number of benzene rings is 5. The summed E-state index contributed by atoms with van der Waals surface area (Å²) in [6.07, 6.45) is 6.71. The van der Waals surface area contributed by atoms with E-state index in [1.807, 2.05) is 147 Å². The van der Waals surface area contributed by atoms with E-state index in [1.165, 1.54) is 0 Å². The third-order valence-corrected chi connectivity index (χ3v) is 13.9. The SMILES string of the molecule is CC(C)(C)c1cc(NC(=O)Nc2ccc(NC(=O)c3ccc4cnccc4n3)cc2)no1.CC(C)(C)c1cc(NC(=O)Nc2ccc(NC(=O)c3cnc4ccccc4c3)cc2)no1.CC(C)(C)c1cc(NC(=O)Nc2ccc(Nc3cc4ccccc4cn3)cc2)no1. The van der Waals surface area contributed by atoms with E-state index in [0.29, 0.717) is 79.9 Å². The first kappa shape index (κ1) is 64.6. The van der Waals surface area contributed by atoms with Crippen LogP contribution >= 0.6 is 0 Å². The maximum absolute atomic E-state index is 12.5. The molecule has 0 bridgehead atoms. The molecular weight excluding hydrogens is 1190 g/mol. The summed E-state index contributed by atoms with van der Waals surface area (Å²) in [6, 6.07) is 49.4. The minimum atomic E-state index is -0.453. The summed E-state index contributed by atoms with van der Waals surface area (Å²) in [4.78, 5) is 78.8. The minimum absolute atomic E-state index is 0.174. The Hall–Kier alpha value is -12.3. The number of amides is 8. The number of nitrogens with one attached hydrogen (secondary N) is 9. The van der Waals surface area contributed by atoms with Crippen molar-refractivity contribution in [2.75, 3.05) is 47.9 Å². The number of hydrogen-bond acceptors (Lipinski definition) is 16. The van der Waals surface area contributed by atoms with Crippen molar-refractivity contribution < 1.29 is 37.5 Å². The average molecular weight is 1260 g/mol. The van der Waals surface area contributed by atoms with Gasteiger partial charge in [-0.05, 0) is 115 Å². The summed E-state index contributed by atoms with van der Waals surface area (Å²) in [5.74, 6) is 3.25. The lowest BCUT2D eigenvalue weighted by Crippen LogP contribution is -2.19. The van der Waals surface area contributed by atoms with Crippen LogP contribution in [-0.2, 0) is 16.2 Å². The molecule has 0 saturated heterocycles. The molecule has 94 heavy (non-hydrogen) atoms. The summed E-state index contributed by atoms with van der Waals surface area (Å²) in [5, 5.41) is 40.6. The monoisotopic (exact) mass is 1260 g/mol. The topological polar surface area (TPSA) is 323 Å². The molecule has 0 saturated carbocycles. The summed E-state index contributed by atoms with van der Waals surface area (Å²) >= 11 is 0. The summed E-state index contributed by atoms with van der Waals surface area (Å²) in [6.45, 7) is 18.0. The molecule has 476 valence electrons. The van der Waals surface area contributed by atoms with E-state index >= 15 is 0 Å². The predicted molar refractivity (Wildman–Crippen MR) is 365 cm³/mol. The second-order valence-electron chi connectivity index (χ2n) is 24.6. The van der Waals surface area contributed by atoms with Gasteiger partial charge >= 0.3 is 18.1 Å². The second-order valence-corrected chi connectivity index (χ2v) is 24.6. The molecule has 8 amide bonds. The van der Waals surface area contributed by atoms with Crippen molar-refractivity contribution in [1.82, 2.24) is 35.4 Å². The van der Waals surface area contributed by atoms with Gasteiger partial charge in [-0.1, -0.05) is 120 Å². The summed E-state index contributed by atoms with van der Waals surface area (Å²) in [7, 11) is 0. The first-order chi connectivity index (χ1) is 44.9. The summed E-state index contributed by atoms with van der Waals surface area (Å²) < 4.78 is 15.8. The van der Waals surface area contributed by atoms with Gasteiger partial charge in [0.15, 0.2) is 17.5 Å². The molecule has 0 fully saturated rings. The highest BCUT2D eigenvalue weighted by atomic mass is 16.5. The van der Waals surface area contributed by atoms with E-state index in [2.05, 4.69) is 83.3 Å². The quantitative estimate of drug-likeness (QED) is 0.0549. The number of nitrogens with zero attached hydrogens (tertiary/aromatic N) is 7. The zero-order valence-corrected chi connectivity index (χ0v) is 52.9. The molecule has 24 nitrogen and oxygen atoms in total. The number of anilines is 10. The highest BCUT2D eigenvalue weighted by molar-refractivity contribution is 6.07. The first-order valence-corrected chi connectivity index (χ1v) is 29.7. The van der Waals surface area contributed by atoms with Crippen LogP contribution in [0.4, 0.5) is 71.8 Å². The van der Waals surface area contributed by atoms with Gasteiger partial charge in [-0.15, -0.1) is 0 Å². The Morgan fingerprint density at radius 3 is 1.27 bits per heavy atom. The smallest absolute Gasteiger partial charge is 0.324 e. The van der Waals surface area contributed by atoms with Gasteiger partial charge in [-0.3, -0.25) is 35.5 Å². The number of rotatable bonds is 12. The zero-order chi connectivity index (χ0) is 66.6. The highest BCUT2D eigenvalue weighted by Crippen LogP contribution is 2.29. The molecule has 24 heteroatoms. The van der Waals surface area contributed by atoms with E-state index in [9.17, 15) is 24.0 Å². The van der Waals surface area contributed by atoms with E-state index in [1.54, 1.807) is 110 Å². The van der Waals surface area contributed by atoms with Crippen LogP contribution in [0.5, 0.6) is 0 Å². The van der Waals surface area contributed by atoms with Crippen molar-refractivity contribution >= 4 is 120 Å². The van der Waals surface area contributed by atoms with Gasteiger partial charge in [0.25, 0.3) is 11.8 Å². The first-order valence-electron chi connectivity index (χ1n) is 29.7. The second kappa shape index (κ2) is 28.2. The van der Waals surface area contributed by atoms with Gasteiger partial charge in [0.05, 0.1) is 16.6 Å². The zero-order valence-electron chi connectivity index (χ0n) is 52.9. The van der Waals surface area contributed by atoms with Gasteiger partial charge in [-0.2, -0.15) is 0 Å².